The largest absolute Gasteiger partial charge is 0.364 e. The molecule has 0 aromatic heterocycles. The van der Waals surface area contributed by atoms with Crippen molar-refractivity contribution in [1.82, 2.24) is 21.1 Å². The fraction of sp³-hybridized carbons (Fsp3) is 0.185. The van der Waals surface area contributed by atoms with Crippen LogP contribution in [0, 0.1) is 0 Å². The first-order chi connectivity index (χ1) is 17.4. The molecule has 0 aliphatic heterocycles. The van der Waals surface area contributed by atoms with E-state index in [0.29, 0.717) is 21.6 Å². The second-order valence-corrected chi connectivity index (χ2v) is 12.4. The SMILES string of the molecule is CNC(=S)NN=C(C)C(C)=NNC(=S)N(C)C[P+](c1ccccc1)(c1ccccc1)c1ccccc1. The van der Waals surface area contributed by atoms with Crippen LogP contribution in [0.1, 0.15) is 13.8 Å². The molecule has 36 heavy (non-hydrogen) atoms. The van der Waals surface area contributed by atoms with Crippen molar-refractivity contribution in [3.8, 4) is 0 Å². The molecule has 0 aliphatic carbocycles. The highest BCUT2D eigenvalue weighted by atomic mass is 32.1. The van der Waals surface area contributed by atoms with E-state index >= 15 is 0 Å². The quantitative estimate of drug-likeness (QED) is 0.177. The van der Waals surface area contributed by atoms with Crippen LogP contribution in [0.25, 0.3) is 0 Å². The summed E-state index contributed by atoms with van der Waals surface area (Å²) in [5.41, 5.74) is 7.22. The Kier molecular flexibility index (Phi) is 10.1. The molecule has 0 heterocycles. The maximum atomic E-state index is 5.76. The van der Waals surface area contributed by atoms with Gasteiger partial charge in [0.05, 0.1) is 11.4 Å². The zero-order valence-corrected chi connectivity index (χ0v) is 23.5. The average molecular weight is 536 g/mol. The summed E-state index contributed by atoms with van der Waals surface area (Å²) in [6.45, 7) is 3.73. The average Bonchev–Trinajstić information content (AvgIpc) is 2.94. The van der Waals surface area contributed by atoms with Gasteiger partial charge in [-0.2, -0.15) is 10.2 Å². The highest BCUT2D eigenvalue weighted by molar-refractivity contribution is 7.95. The van der Waals surface area contributed by atoms with Crippen LogP contribution >= 0.6 is 31.7 Å². The van der Waals surface area contributed by atoms with Crippen LogP contribution in [0.2, 0.25) is 0 Å². The number of rotatable bonds is 8. The Morgan fingerprint density at radius 2 is 1.11 bits per heavy atom. The molecule has 0 atom stereocenters. The maximum Gasteiger partial charge on any atom is 0.192 e. The van der Waals surface area contributed by atoms with E-state index in [1.54, 1.807) is 7.05 Å². The molecule has 0 saturated heterocycles. The number of benzene rings is 3. The minimum Gasteiger partial charge on any atom is -0.364 e. The van der Waals surface area contributed by atoms with Crippen molar-refractivity contribution in [2.75, 3.05) is 20.4 Å². The molecule has 3 aromatic rings. The number of thiocarbonyl (C=S) groups is 2. The monoisotopic (exact) mass is 535 g/mol. The van der Waals surface area contributed by atoms with Gasteiger partial charge < -0.3 is 10.2 Å². The van der Waals surface area contributed by atoms with E-state index in [0.717, 1.165) is 6.29 Å². The van der Waals surface area contributed by atoms with Crippen molar-refractivity contribution in [2.24, 2.45) is 10.2 Å². The molecule has 6 nitrogen and oxygen atoms in total. The van der Waals surface area contributed by atoms with Gasteiger partial charge in [0.1, 0.15) is 29.5 Å². The zero-order chi connectivity index (χ0) is 26.0. The standard InChI is InChI=1S/C27H31N6PS2/c1-21(29-31-26(35)28-3)22(2)30-32-27(36)33(4)20-34(23-14-8-5-9-15-23,24-16-10-6-11-17-24)25-18-12-7-13-19-25/h5-19H,20H2,1-4H3,(H2-,28,29,30,31,32,35,36)/p+1. The normalized spacial score (nSPS) is 12.0. The summed E-state index contributed by atoms with van der Waals surface area (Å²) in [4.78, 5) is 2.08. The third kappa shape index (κ3) is 6.72. The zero-order valence-electron chi connectivity index (χ0n) is 21.0. The number of hydrazone groups is 2. The van der Waals surface area contributed by atoms with Crippen molar-refractivity contribution in [2.45, 2.75) is 13.8 Å². The molecule has 0 spiro atoms. The van der Waals surface area contributed by atoms with E-state index in [4.69, 9.17) is 24.4 Å². The summed E-state index contributed by atoms with van der Waals surface area (Å²) in [6.07, 6.45) is 0.719. The molecule has 186 valence electrons. The molecule has 0 amide bonds. The predicted octanol–water partition coefficient (Wildman–Crippen LogP) is 3.59. The smallest absolute Gasteiger partial charge is 0.192 e. The van der Waals surface area contributed by atoms with Gasteiger partial charge >= 0.3 is 0 Å². The Morgan fingerprint density at radius 3 is 1.50 bits per heavy atom. The van der Waals surface area contributed by atoms with E-state index in [1.165, 1.54) is 15.9 Å². The minimum atomic E-state index is -2.06. The van der Waals surface area contributed by atoms with Gasteiger partial charge in [0.15, 0.2) is 10.2 Å². The molecule has 9 heteroatoms. The lowest BCUT2D eigenvalue weighted by Crippen LogP contribution is -2.43. The lowest BCUT2D eigenvalue weighted by Gasteiger charge is -2.32. The van der Waals surface area contributed by atoms with Crippen LogP contribution in [0.5, 0.6) is 0 Å². The molecule has 0 aliphatic rings. The van der Waals surface area contributed by atoms with E-state index < -0.39 is 7.26 Å². The fourth-order valence-corrected chi connectivity index (χ4v) is 8.15. The Labute approximate surface area is 225 Å². The summed E-state index contributed by atoms with van der Waals surface area (Å²) in [6, 6.07) is 32.2. The topological polar surface area (TPSA) is 64.0 Å². The van der Waals surface area contributed by atoms with E-state index in [1.807, 2.05) is 20.9 Å². The second kappa shape index (κ2) is 13.2. The third-order valence-corrected chi connectivity index (χ3v) is 10.8. The summed E-state index contributed by atoms with van der Waals surface area (Å²) in [7, 11) is 1.69. The van der Waals surface area contributed by atoms with Crippen molar-refractivity contribution in [1.29, 1.82) is 0 Å². The first-order valence-corrected chi connectivity index (χ1v) is 14.3. The lowest BCUT2D eigenvalue weighted by molar-refractivity contribution is 0.579. The van der Waals surface area contributed by atoms with Crippen LogP contribution in [-0.4, -0.2) is 46.9 Å². The van der Waals surface area contributed by atoms with E-state index in [-0.39, 0.29) is 0 Å². The first kappa shape index (κ1) is 27.4. The van der Waals surface area contributed by atoms with Gasteiger partial charge in [-0.25, -0.2) is 0 Å². The van der Waals surface area contributed by atoms with Crippen LogP contribution < -0.4 is 32.1 Å². The summed E-state index contributed by atoms with van der Waals surface area (Å²) in [5, 5.41) is 16.4. The lowest BCUT2D eigenvalue weighted by atomic mass is 10.3. The van der Waals surface area contributed by atoms with Crippen LogP contribution in [0.4, 0.5) is 0 Å². The molecule has 0 bridgehead atoms. The van der Waals surface area contributed by atoms with E-state index in [2.05, 4.69) is 122 Å². The molecular formula is C27H32N6PS2+. The predicted molar refractivity (Wildman–Crippen MR) is 165 cm³/mol. The van der Waals surface area contributed by atoms with Gasteiger partial charge in [-0.15, -0.1) is 0 Å². The van der Waals surface area contributed by atoms with Gasteiger partial charge in [0.2, 0.25) is 0 Å². The van der Waals surface area contributed by atoms with Gasteiger partial charge in [-0.05, 0) is 74.7 Å². The van der Waals surface area contributed by atoms with Crippen molar-refractivity contribution in [3.05, 3.63) is 91.0 Å². The Morgan fingerprint density at radius 1 is 0.722 bits per heavy atom. The summed E-state index contributed by atoms with van der Waals surface area (Å²) >= 11 is 10.8. The third-order valence-electron chi connectivity index (χ3n) is 5.76. The molecule has 0 unspecified atom stereocenters. The molecule has 0 saturated carbocycles. The van der Waals surface area contributed by atoms with Crippen LogP contribution in [0.15, 0.2) is 101 Å². The Balaban J connectivity index is 1.93. The molecular weight excluding hydrogens is 503 g/mol. The molecule has 3 rings (SSSR count). The molecule has 0 fully saturated rings. The van der Waals surface area contributed by atoms with E-state index in [9.17, 15) is 0 Å². The second-order valence-electron chi connectivity index (χ2n) is 8.16. The van der Waals surface area contributed by atoms with Gasteiger partial charge in [0.25, 0.3) is 0 Å². The highest BCUT2D eigenvalue weighted by Crippen LogP contribution is 2.55. The molecule has 3 aromatic carbocycles. The number of hydrogen-bond acceptors (Lipinski definition) is 4. The maximum absolute atomic E-state index is 5.76. The van der Waals surface area contributed by atoms with Gasteiger partial charge in [-0.3, -0.25) is 10.9 Å². The van der Waals surface area contributed by atoms with Crippen molar-refractivity contribution < 1.29 is 0 Å². The van der Waals surface area contributed by atoms with Crippen LogP contribution in [0.3, 0.4) is 0 Å². The molecule has 0 radical (unpaired) electrons. The van der Waals surface area contributed by atoms with Crippen molar-refractivity contribution in [3.63, 3.8) is 0 Å². The van der Waals surface area contributed by atoms with Gasteiger partial charge in [-0.1, -0.05) is 54.6 Å². The first-order valence-electron chi connectivity index (χ1n) is 11.5. The van der Waals surface area contributed by atoms with Crippen LogP contribution in [-0.2, 0) is 0 Å². The highest BCUT2D eigenvalue weighted by Gasteiger charge is 2.46. The van der Waals surface area contributed by atoms with Gasteiger partial charge in [0, 0.05) is 14.1 Å². The molecule has 3 N–H and O–H groups in total. The summed E-state index contributed by atoms with van der Waals surface area (Å²) < 4.78 is 0. The summed E-state index contributed by atoms with van der Waals surface area (Å²) in [5.74, 6) is 0. The fourth-order valence-electron chi connectivity index (χ4n) is 3.69. The minimum absolute atomic E-state index is 0.438. The Hall–Kier alpha value is -3.19. The number of nitrogens with zero attached hydrogens (tertiary/aromatic N) is 3. The number of nitrogens with one attached hydrogen (secondary N) is 3. The van der Waals surface area contributed by atoms with Crippen molar-refractivity contribution >= 4 is 69.3 Å². The number of hydrogen-bond donors (Lipinski definition) is 3. The Bertz CT molecular complexity index is 1120.